The molecule has 3 aromatic rings. The van der Waals surface area contributed by atoms with Crippen molar-refractivity contribution in [3.63, 3.8) is 0 Å². The van der Waals surface area contributed by atoms with Crippen LogP contribution in [0.1, 0.15) is 37.0 Å². The lowest BCUT2D eigenvalue weighted by Crippen LogP contribution is -2.64. The standard InChI is InChI=1S/C23H23N3S/c1-2-7-19(8-3-1)26-22(21-14-17-6-4-5-9-20(17)27-21)24-25-23(26)15-16-10-12-18(23)13-11-16/h1-9,14,16,18,25H,10-13,15H2. The molecule has 0 saturated heterocycles. The van der Waals surface area contributed by atoms with Crippen molar-refractivity contribution < 1.29 is 0 Å². The van der Waals surface area contributed by atoms with E-state index in [0.717, 1.165) is 11.8 Å². The molecule has 2 bridgehead atoms. The first-order chi connectivity index (χ1) is 13.3. The number of thiophene rings is 1. The minimum Gasteiger partial charge on any atom is -0.298 e. The molecule has 3 saturated carbocycles. The number of nitrogens with one attached hydrogen (secondary N) is 1. The third-order valence-corrected chi connectivity index (χ3v) is 7.86. The molecule has 27 heavy (non-hydrogen) atoms. The third kappa shape index (κ3) is 2.29. The van der Waals surface area contributed by atoms with E-state index in [1.165, 1.54) is 52.8 Å². The molecular formula is C23H23N3S. The summed E-state index contributed by atoms with van der Waals surface area (Å²) in [6.07, 6.45) is 6.60. The molecule has 2 aromatic carbocycles. The monoisotopic (exact) mass is 373 g/mol. The fourth-order valence-electron chi connectivity index (χ4n) is 5.49. The van der Waals surface area contributed by atoms with Gasteiger partial charge in [-0.3, -0.25) is 10.3 Å². The quantitative estimate of drug-likeness (QED) is 0.635. The van der Waals surface area contributed by atoms with E-state index in [2.05, 4.69) is 71.0 Å². The van der Waals surface area contributed by atoms with Crippen molar-refractivity contribution in [2.75, 3.05) is 4.90 Å². The van der Waals surface area contributed by atoms with Crippen molar-refractivity contribution in [1.82, 2.24) is 5.43 Å². The molecule has 7 rings (SSSR count). The zero-order chi connectivity index (χ0) is 17.8. The Morgan fingerprint density at radius 3 is 2.48 bits per heavy atom. The molecule has 0 amide bonds. The van der Waals surface area contributed by atoms with Gasteiger partial charge in [-0.25, -0.2) is 0 Å². The summed E-state index contributed by atoms with van der Waals surface area (Å²) in [6.45, 7) is 0. The maximum absolute atomic E-state index is 4.96. The van der Waals surface area contributed by atoms with Crippen LogP contribution >= 0.6 is 11.3 Å². The van der Waals surface area contributed by atoms with Gasteiger partial charge >= 0.3 is 0 Å². The molecule has 1 spiro atoms. The van der Waals surface area contributed by atoms with Gasteiger partial charge in [0.1, 0.15) is 5.66 Å². The predicted octanol–water partition coefficient (Wildman–Crippen LogP) is 5.58. The molecule has 136 valence electrons. The highest BCUT2D eigenvalue weighted by molar-refractivity contribution is 7.21. The van der Waals surface area contributed by atoms with Crippen LogP contribution < -0.4 is 10.3 Å². The molecule has 1 atom stereocenters. The number of hydrogen-bond acceptors (Lipinski definition) is 4. The highest BCUT2D eigenvalue weighted by atomic mass is 32.1. The summed E-state index contributed by atoms with van der Waals surface area (Å²) >= 11 is 1.85. The van der Waals surface area contributed by atoms with E-state index in [0.29, 0.717) is 5.92 Å². The molecule has 3 aliphatic carbocycles. The summed E-state index contributed by atoms with van der Waals surface area (Å²) in [5.41, 5.74) is 4.87. The van der Waals surface area contributed by atoms with Gasteiger partial charge in [0.15, 0.2) is 5.84 Å². The van der Waals surface area contributed by atoms with Gasteiger partial charge in [0.25, 0.3) is 0 Å². The van der Waals surface area contributed by atoms with Crippen LogP contribution in [0.15, 0.2) is 65.8 Å². The minimum atomic E-state index is -0.0476. The predicted molar refractivity (Wildman–Crippen MR) is 113 cm³/mol. The Morgan fingerprint density at radius 1 is 0.963 bits per heavy atom. The van der Waals surface area contributed by atoms with E-state index in [-0.39, 0.29) is 5.66 Å². The number of anilines is 1. The van der Waals surface area contributed by atoms with Gasteiger partial charge in [0.05, 0.1) is 4.88 Å². The topological polar surface area (TPSA) is 27.6 Å². The average molecular weight is 374 g/mol. The van der Waals surface area contributed by atoms with E-state index in [1.54, 1.807) is 0 Å². The lowest BCUT2D eigenvalue weighted by Gasteiger charge is -2.53. The number of benzene rings is 2. The lowest BCUT2D eigenvalue weighted by molar-refractivity contribution is 0.0553. The Balaban J connectivity index is 1.49. The summed E-state index contributed by atoms with van der Waals surface area (Å²) in [4.78, 5) is 3.79. The molecule has 4 aliphatic rings. The Bertz CT molecular complexity index is 983. The second kappa shape index (κ2) is 5.83. The van der Waals surface area contributed by atoms with E-state index < -0.39 is 0 Å². The maximum atomic E-state index is 4.96. The summed E-state index contributed by atoms with van der Waals surface area (Å²) < 4.78 is 1.33. The van der Waals surface area contributed by atoms with E-state index in [4.69, 9.17) is 5.10 Å². The molecule has 2 heterocycles. The van der Waals surface area contributed by atoms with Crippen LogP contribution in [0.2, 0.25) is 0 Å². The zero-order valence-electron chi connectivity index (χ0n) is 15.3. The maximum Gasteiger partial charge on any atom is 0.172 e. The van der Waals surface area contributed by atoms with Gasteiger partial charge in [-0.05, 0) is 67.7 Å². The van der Waals surface area contributed by atoms with Gasteiger partial charge in [-0.2, -0.15) is 5.10 Å². The van der Waals surface area contributed by atoms with E-state index >= 15 is 0 Å². The van der Waals surface area contributed by atoms with Gasteiger partial charge in [0.2, 0.25) is 0 Å². The Hall–Kier alpha value is -2.33. The molecular weight excluding hydrogens is 350 g/mol. The number of hydrazone groups is 1. The molecule has 0 radical (unpaired) electrons. The fraction of sp³-hybridized carbons (Fsp3) is 0.348. The van der Waals surface area contributed by atoms with Crippen molar-refractivity contribution in [3.05, 3.63) is 65.5 Å². The minimum absolute atomic E-state index is 0.0476. The number of amidine groups is 1. The van der Waals surface area contributed by atoms with Crippen LogP contribution in [0.25, 0.3) is 10.1 Å². The highest BCUT2D eigenvalue weighted by Crippen LogP contribution is 2.52. The first-order valence-corrected chi connectivity index (χ1v) is 10.8. The van der Waals surface area contributed by atoms with Crippen molar-refractivity contribution in [2.45, 2.75) is 37.8 Å². The molecule has 4 heteroatoms. The Morgan fingerprint density at radius 2 is 1.74 bits per heavy atom. The summed E-state index contributed by atoms with van der Waals surface area (Å²) in [5, 5.41) is 6.26. The second-order valence-corrected chi connectivity index (χ2v) is 9.30. The van der Waals surface area contributed by atoms with Gasteiger partial charge in [-0.15, -0.1) is 11.3 Å². The van der Waals surface area contributed by atoms with Gasteiger partial charge in [0, 0.05) is 16.3 Å². The molecule has 1 N–H and O–H groups in total. The summed E-state index contributed by atoms with van der Waals surface area (Å²) in [5.74, 6) is 2.58. The fourth-order valence-corrected chi connectivity index (χ4v) is 6.53. The third-order valence-electron chi connectivity index (χ3n) is 6.75. The molecule has 3 fully saturated rings. The zero-order valence-corrected chi connectivity index (χ0v) is 16.1. The second-order valence-electron chi connectivity index (χ2n) is 8.21. The van der Waals surface area contributed by atoms with Crippen LogP contribution in [0.5, 0.6) is 0 Å². The largest absolute Gasteiger partial charge is 0.298 e. The molecule has 1 unspecified atom stereocenters. The average Bonchev–Trinajstić information content (AvgIpc) is 3.31. The summed E-state index contributed by atoms with van der Waals surface area (Å²) in [7, 11) is 0. The SMILES string of the molecule is c1ccc(N2C(c3cc4ccccc4s3)=NNC23CC2CCC3CC2)cc1. The van der Waals surface area contributed by atoms with Gasteiger partial charge < -0.3 is 0 Å². The van der Waals surface area contributed by atoms with Crippen LogP contribution in [0.3, 0.4) is 0 Å². The van der Waals surface area contributed by atoms with Crippen molar-refractivity contribution in [2.24, 2.45) is 16.9 Å². The number of fused-ring (bicyclic) bond motifs is 3. The molecule has 3 nitrogen and oxygen atoms in total. The Labute approximate surface area is 163 Å². The number of nitrogens with zero attached hydrogens (tertiary/aromatic N) is 2. The van der Waals surface area contributed by atoms with Gasteiger partial charge in [-0.1, -0.05) is 36.4 Å². The number of para-hydroxylation sites is 1. The van der Waals surface area contributed by atoms with E-state index in [1.807, 2.05) is 11.3 Å². The van der Waals surface area contributed by atoms with Crippen molar-refractivity contribution >= 4 is 32.9 Å². The molecule has 1 aromatic heterocycles. The first-order valence-electron chi connectivity index (χ1n) is 10.0. The Kier molecular flexibility index (Phi) is 3.39. The smallest absolute Gasteiger partial charge is 0.172 e. The summed E-state index contributed by atoms with van der Waals surface area (Å²) in [6, 6.07) is 21.8. The van der Waals surface area contributed by atoms with Crippen molar-refractivity contribution in [3.8, 4) is 0 Å². The van der Waals surface area contributed by atoms with Crippen LogP contribution in [-0.2, 0) is 0 Å². The van der Waals surface area contributed by atoms with Crippen molar-refractivity contribution in [1.29, 1.82) is 0 Å². The number of hydrogen-bond donors (Lipinski definition) is 1. The highest BCUT2D eigenvalue weighted by Gasteiger charge is 2.55. The van der Waals surface area contributed by atoms with Crippen LogP contribution in [0, 0.1) is 11.8 Å². The molecule has 1 aliphatic heterocycles. The van der Waals surface area contributed by atoms with Crippen LogP contribution in [0.4, 0.5) is 5.69 Å². The first kappa shape index (κ1) is 15.7. The van der Waals surface area contributed by atoms with E-state index in [9.17, 15) is 0 Å². The number of rotatable bonds is 2. The lowest BCUT2D eigenvalue weighted by atomic mass is 9.63. The van der Waals surface area contributed by atoms with Crippen LogP contribution in [-0.4, -0.2) is 11.5 Å². The normalized spacial score (nSPS) is 29.3.